The second kappa shape index (κ2) is 12.3. The number of para-hydroxylation sites is 1. The molecule has 3 rings (SSSR count). The molecule has 0 saturated heterocycles. The SMILES string of the molecule is CC[C@@H](C(=O)NC1CCCC1)N(Cc1ccc(Cl)cc1Cl)C(=O)CN(c1ccccc1F)S(C)(=O)=O. The summed E-state index contributed by atoms with van der Waals surface area (Å²) in [6.45, 7) is 1.03. The third-order valence-corrected chi connectivity index (χ3v) is 7.96. The van der Waals surface area contributed by atoms with Crippen LogP contribution in [0, 0.1) is 5.82 Å². The van der Waals surface area contributed by atoms with Gasteiger partial charge in [0, 0.05) is 22.6 Å². The summed E-state index contributed by atoms with van der Waals surface area (Å²) in [5.41, 5.74) is 0.291. The number of rotatable bonds is 10. The van der Waals surface area contributed by atoms with Gasteiger partial charge in [0.25, 0.3) is 0 Å². The Labute approximate surface area is 221 Å². The van der Waals surface area contributed by atoms with Crippen molar-refractivity contribution in [1.29, 1.82) is 0 Å². The number of sulfonamides is 1. The number of hydrogen-bond acceptors (Lipinski definition) is 4. The average Bonchev–Trinajstić information content (AvgIpc) is 3.31. The first-order chi connectivity index (χ1) is 17.0. The highest BCUT2D eigenvalue weighted by Gasteiger charge is 2.33. The van der Waals surface area contributed by atoms with Gasteiger partial charge in [0.15, 0.2) is 0 Å². The summed E-state index contributed by atoms with van der Waals surface area (Å²) in [6, 6.07) is 9.27. The Hall–Kier alpha value is -2.36. The summed E-state index contributed by atoms with van der Waals surface area (Å²) in [5, 5.41) is 3.74. The van der Waals surface area contributed by atoms with Crippen LogP contribution in [0.2, 0.25) is 10.0 Å². The van der Waals surface area contributed by atoms with Crippen molar-refractivity contribution < 1.29 is 22.4 Å². The van der Waals surface area contributed by atoms with Gasteiger partial charge in [-0.1, -0.05) is 61.2 Å². The Bertz CT molecular complexity index is 1210. The minimum atomic E-state index is -4.03. The third-order valence-electron chi connectivity index (χ3n) is 6.24. The van der Waals surface area contributed by atoms with Crippen LogP contribution in [0.1, 0.15) is 44.6 Å². The largest absolute Gasteiger partial charge is 0.352 e. The molecule has 7 nitrogen and oxygen atoms in total. The molecule has 0 spiro atoms. The van der Waals surface area contributed by atoms with Crippen LogP contribution in [0.3, 0.4) is 0 Å². The van der Waals surface area contributed by atoms with E-state index in [2.05, 4.69) is 5.32 Å². The zero-order chi connectivity index (χ0) is 26.5. The number of anilines is 1. The Kier molecular flexibility index (Phi) is 9.60. The minimum Gasteiger partial charge on any atom is -0.352 e. The predicted molar refractivity (Wildman–Crippen MR) is 140 cm³/mol. The van der Waals surface area contributed by atoms with Gasteiger partial charge in [-0.15, -0.1) is 0 Å². The van der Waals surface area contributed by atoms with Crippen molar-refractivity contribution in [1.82, 2.24) is 10.2 Å². The number of amides is 2. The third kappa shape index (κ3) is 7.11. The number of carbonyl (C=O) groups is 2. The molecule has 1 saturated carbocycles. The van der Waals surface area contributed by atoms with E-state index in [-0.39, 0.29) is 30.6 Å². The molecular formula is C25H30Cl2FN3O4S. The molecule has 2 aromatic carbocycles. The number of halogens is 3. The van der Waals surface area contributed by atoms with Crippen molar-refractivity contribution in [3.05, 3.63) is 63.9 Å². The molecule has 11 heteroatoms. The van der Waals surface area contributed by atoms with Gasteiger partial charge in [0.2, 0.25) is 21.8 Å². The topological polar surface area (TPSA) is 86.8 Å². The molecule has 0 aromatic heterocycles. The molecule has 0 unspecified atom stereocenters. The zero-order valence-electron chi connectivity index (χ0n) is 20.2. The Balaban J connectivity index is 1.96. The lowest BCUT2D eigenvalue weighted by atomic mass is 10.1. The number of carbonyl (C=O) groups excluding carboxylic acids is 2. The molecule has 1 atom stereocenters. The maximum atomic E-state index is 14.5. The predicted octanol–water partition coefficient (Wildman–Crippen LogP) is 4.76. The van der Waals surface area contributed by atoms with Gasteiger partial charge >= 0.3 is 0 Å². The van der Waals surface area contributed by atoms with E-state index in [1.165, 1.54) is 29.2 Å². The highest BCUT2D eigenvalue weighted by atomic mass is 35.5. The van der Waals surface area contributed by atoms with Gasteiger partial charge in [-0.2, -0.15) is 0 Å². The molecule has 1 aliphatic carbocycles. The normalized spacial score (nSPS) is 14.9. The molecule has 1 aliphatic rings. The summed E-state index contributed by atoms with van der Waals surface area (Å²) in [5.74, 6) is -1.77. The second-order valence-corrected chi connectivity index (χ2v) is 11.6. The van der Waals surface area contributed by atoms with Gasteiger partial charge in [-0.05, 0) is 49.1 Å². The Morgan fingerprint density at radius 3 is 2.39 bits per heavy atom. The fourth-order valence-corrected chi connectivity index (χ4v) is 5.69. The fraction of sp³-hybridized carbons (Fsp3) is 0.440. The lowest BCUT2D eigenvalue weighted by molar-refractivity contribution is -0.140. The summed E-state index contributed by atoms with van der Waals surface area (Å²) in [6.07, 6.45) is 4.97. The first kappa shape index (κ1) is 28.2. The monoisotopic (exact) mass is 557 g/mol. The fourth-order valence-electron chi connectivity index (χ4n) is 4.37. The van der Waals surface area contributed by atoms with Crippen LogP contribution < -0.4 is 9.62 Å². The lowest BCUT2D eigenvalue weighted by Crippen LogP contribution is -2.53. The van der Waals surface area contributed by atoms with Crippen LogP contribution in [0.5, 0.6) is 0 Å². The van der Waals surface area contributed by atoms with Crippen LogP contribution in [-0.4, -0.2) is 50.0 Å². The van der Waals surface area contributed by atoms with Crippen LogP contribution in [-0.2, 0) is 26.2 Å². The minimum absolute atomic E-state index is 0.0357. The molecule has 0 aliphatic heterocycles. The molecule has 0 heterocycles. The first-order valence-corrected chi connectivity index (χ1v) is 14.4. The van der Waals surface area contributed by atoms with Gasteiger partial charge in [0.1, 0.15) is 18.4 Å². The van der Waals surface area contributed by atoms with Crippen molar-refractivity contribution in [3.63, 3.8) is 0 Å². The molecule has 36 heavy (non-hydrogen) atoms. The van der Waals surface area contributed by atoms with E-state index < -0.39 is 34.3 Å². The molecule has 1 N–H and O–H groups in total. The summed E-state index contributed by atoms with van der Waals surface area (Å²) in [4.78, 5) is 28.2. The van der Waals surface area contributed by atoms with Crippen LogP contribution in [0.4, 0.5) is 10.1 Å². The van der Waals surface area contributed by atoms with E-state index in [0.717, 1.165) is 38.0 Å². The van der Waals surface area contributed by atoms with Crippen LogP contribution >= 0.6 is 23.2 Å². The Morgan fingerprint density at radius 2 is 1.81 bits per heavy atom. The van der Waals surface area contributed by atoms with Crippen molar-refractivity contribution >= 4 is 50.7 Å². The van der Waals surface area contributed by atoms with Crippen LogP contribution in [0.25, 0.3) is 0 Å². The number of nitrogens with one attached hydrogen (secondary N) is 1. The van der Waals surface area contributed by atoms with Crippen molar-refractivity contribution in [3.8, 4) is 0 Å². The number of nitrogens with zero attached hydrogens (tertiary/aromatic N) is 2. The van der Waals surface area contributed by atoms with E-state index in [9.17, 15) is 22.4 Å². The maximum Gasteiger partial charge on any atom is 0.244 e. The smallest absolute Gasteiger partial charge is 0.244 e. The molecular weight excluding hydrogens is 528 g/mol. The van der Waals surface area contributed by atoms with E-state index in [4.69, 9.17) is 23.2 Å². The average molecular weight is 559 g/mol. The van der Waals surface area contributed by atoms with Crippen molar-refractivity contribution in [2.75, 3.05) is 17.1 Å². The lowest BCUT2D eigenvalue weighted by Gasteiger charge is -2.33. The molecule has 1 fully saturated rings. The number of hydrogen-bond donors (Lipinski definition) is 1. The van der Waals surface area contributed by atoms with Gasteiger partial charge < -0.3 is 10.2 Å². The maximum absolute atomic E-state index is 14.5. The zero-order valence-corrected chi connectivity index (χ0v) is 22.5. The van der Waals surface area contributed by atoms with Gasteiger partial charge in [-0.25, -0.2) is 12.8 Å². The summed E-state index contributed by atoms with van der Waals surface area (Å²) < 4.78 is 40.4. The molecule has 0 radical (unpaired) electrons. The molecule has 2 aromatic rings. The van der Waals surface area contributed by atoms with E-state index >= 15 is 0 Å². The number of benzene rings is 2. The molecule has 196 valence electrons. The second-order valence-electron chi connectivity index (χ2n) is 8.89. The van der Waals surface area contributed by atoms with E-state index in [0.29, 0.717) is 19.9 Å². The van der Waals surface area contributed by atoms with Gasteiger partial charge in [0.05, 0.1) is 11.9 Å². The van der Waals surface area contributed by atoms with Crippen LogP contribution in [0.15, 0.2) is 42.5 Å². The molecule has 0 bridgehead atoms. The van der Waals surface area contributed by atoms with Crippen molar-refractivity contribution in [2.45, 2.75) is 57.7 Å². The molecule has 2 amide bonds. The van der Waals surface area contributed by atoms with E-state index in [1.807, 2.05) is 0 Å². The Morgan fingerprint density at radius 1 is 1.14 bits per heavy atom. The standard InChI is InChI=1S/C25H30Cl2FN3O4S/c1-3-22(25(33)29-19-8-4-5-9-19)30(15-17-12-13-18(26)14-20(17)27)24(32)16-31(36(2,34)35)23-11-7-6-10-21(23)28/h6-7,10-14,19,22H,3-5,8-9,15-16H2,1-2H3,(H,29,33)/t22-/m0/s1. The highest BCUT2D eigenvalue weighted by molar-refractivity contribution is 7.92. The van der Waals surface area contributed by atoms with Crippen molar-refractivity contribution in [2.24, 2.45) is 0 Å². The quantitative estimate of drug-likeness (QED) is 0.456. The first-order valence-electron chi connectivity index (χ1n) is 11.8. The van der Waals surface area contributed by atoms with E-state index in [1.54, 1.807) is 19.1 Å². The van der Waals surface area contributed by atoms with Gasteiger partial charge in [-0.3, -0.25) is 13.9 Å². The summed E-state index contributed by atoms with van der Waals surface area (Å²) >= 11 is 12.4. The summed E-state index contributed by atoms with van der Waals surface area (Å²) in [7, 11) is -4.03. The highest BCUT2D eigenvalue weighted by Crippen LogP contribution is 2.26.